The van der Waals surface area contributed by atoms with Crippen LogP contribution in [0.4, 0.5) is 5.82 Å². The molecule has 1 heterocycles. The average Bonchev–Trinajstić information content (AvgIpc) is 3.24. The van der Waals surface area contributed by atoms with E-state index >= 15 is 0 Å². The van der Waals surface area contributed by atoms with Crippen LogP contribution in [0.15, 0.2) is 16.4 Å². The molecule has 156 valence electrons. The van der Waals surface area contributed by atoms with E-state index in [-0.39, 0.29) is 11.6 Å². The molecule has 1 atom stereocenters. The third kappa shape index (κ3) is 5.37. The first-order valence-corrected chi connectivity index (χ1v) is 12.9. The monoisotopic (exact) mass is 405 g/mol. The van der Waals surface area contributed by atoms with Crippen LogP contribution in [0.25, 0.3) is 10.4 Å². The zero-order chi connectivity index (χ0) is 20.9. The van der Waals surface area contributed by atoms with E-state index in [1.165, 1.54) is 12.8 Å². The van der Waals surface area contributed by atoms with Gasteiger partial charge in [0.05, 0.1) is 25.3 Å². The highest BCUT2D eigenvalue weighted by atomic mass is 28.4. The number of azide groups is 1. The van der Waals surface area contributed by atoms with Gasteiger partial charge in [0.15, 0.2) is 14.1 Å². The molecule has 0 aromatic carbocycles. The molecule has 1 fully saturated rings. The Hall–Kier alpha value is -1.83. The van der Waals surface area contributed by atoms with Gasteiger partial charge in [0.2, 0.25) is 0 Å². The highest BCUT2D eigenvalue weighted by Gasteiger charge is 2.40. The summed E-state index contributed by atoms with van der Waals surface area (Å²) in [5, 5.41) is 3.87. The quantitative estimate of drug-likeness (QED) is 0.141. The average molecular weight is 406 g/mol. The van der Waals surface area contributed by atoms with Crippen molar-refractivity contribution >= 4 is 20.5 Å². The minimum Gasteiger partial charge on any atom is -0.408 e. The number of nitrogens with zero attached hydrogens (tertiary/aromatic N) is 7. The van der Waals surface area contributed by atoms with Crippen molar-refractivity contribution in [1.29, 1.82) is 0 Å². The molecule has 0 bridgehead atoms. The van der Waals surface area contributed by atoms with Gasteiger partial charge in [0.25, 0.3) is 0 Å². The van der Waals surface area contributed by atoms with Gasteiger partial charge in [-0.3, -0.25) is 0 Å². The molecule has 1 aromatic rings. The first kappa shape index (κ1) is 22.5. The van der Waals surface area contributed by atoms with Gasteiger partial charge in [0.1, 0.15) is 5.69 Å². The Labute approximate surface area is 169 Å². The Morgan fingerprint density at radius 3 is 2.57 bits per heavy atom. The fourth-order valence-electron chi connectivity index (χ4n) is 3.17. The van der Waals surface area contributed by atoms with E-state index in [1.54, 1.807) is 6.34 Å². The number of imidazole rings is 1. The van der Waals surface area contributed by atoms with Gasteiger partial charge >= 0.3 is 0 Å². The third-order valence-electron chi connectivity index (χ3n) is 5.78. The molecule has 0 unspecified atom stereocenters. The van der Waals surface area contributed by atoms with Crippen molar-refractivity contribution in [3.8, 4) is 0 Å². The summed E-state index contributed by atoms with van der Waals surface area (Å²) in [6.45, 7) is 11.2. The lowest BCUT2D eigenvalue weighted by Gasteiger charge is -2.38. The van der Waals surface area contributed by atoms with E-state index in [0.717, 1.165) is 24.4 Å². The van der Waals surface area contributed by atoms with Crippen molar-refractivity contribution < 1.29 is 4.43 Å². The number of rotatable bonds is 8. The summed E-state index contributed by atoms with van der Waals surface area (Å²) in [4.78, 5) is 14.3. The molecule has 2 rings (SSSR count). The number of hydrogen-bond acceptors (Lipinski definition) is 4. The van der Waals surface area contributed by atoms with Gasteiger partial charge in [-0.15, -0.1) is 0 Å². The fourth-order valence-corrected chi connectivity index (χ4v) is 4.42. The van der Waals surface area contributed by atoms with Crippen LogP contribution in [0.2, 0.25) is 18.1 Å². The summed E-state index contributed by atoms with van der Waals surface area (Å²) in [5.74, 6) is 0.817. The van der Waals surface area contributed by atoms with E-state index < -0.39 is 14.4 Å². The van der Waals surface area contributed by atoms with Gasteiger partial charge in [-0.05, 0) is 36.5 Å². The molecule has 0 aliphatic heterocycles. The zero-order valence-corrected chi connectivity index (χ0v) is 19.4. The van der Waals surface area contributed by atoms with Gasteiger partial charge in [0, 0.05) is 25.0 Å². The molecule has 1 aromatic heterocycles. The molecule has 1 saturated carbocycles. The first-order valence-electron chi connectivity index (χ1n) is 10.0. The lowest BCUT2D eigenvalue weighted by molar-refractivity contribution is 0.188. The molecule has 0 spiro atoms. The molecular formula is C19H35N7OSi. The molecule has 1 aliphatic rings. The Bertz CT molecular complexity index is 723. The summed E-state index contributed by atoms with van der Waals surface area (Å²) >= 11 is 0. The van der Waals surface area contributed by atoms with Crippen molar-refractivity contribution in [2.75, 3.05) is 20.6 Å². The SMILES string of the molecule is CN(C)/C=N/c1c([C@@H](CN=[N+]=[N-])O[Si](C)(C)C(C)(C)C)ncn1C1CCCC1. The van der Waals surface area contributed by atoms with Crippen molar-refractivity contribution in [3.05, 3.63) is 22.5 Å². The van der Waals surface area contributed by atoms with Crippen LogP contribution < -0.4 is 0 Å². The molecule has 8 nitrogen and oxygen atoms in total. The minimum atomic E-state index is -2.09. The van der Waals surface area contributed by atoms with Crippen LogP contribution >= 0.6 is 0 Å². The Balaban J connectivity index is 2.47. The van der Waals surface area contributed by atoms with Gasteiger partial charge in [-0.25, -0.2) is 9.98 Å². The van der Waals surface area contributed by atoms with Gasteiger partial charge in [-0.2, -0.15) is 0 Å². The highest BCUT2D eigenvalue weighted by Crippen LogP contribution is 2.42. The molecular weight excluding hydrogens is 370 g/mol. The molecule has 0 saturated heterocycles. The lowest BCUT2D eigenvalue weighted by atomic mass is 10.2. The minimum absolute atomic E-state index is 0.0443. The van der Waals surface area contributed by atoms with E-state index in [2.05, 4.69) is 48.5 Å². The standard InChI is InChI=1S/C19H35N7OSi/c1-19(2,3)28(6,7)27-16(12-23-24-20)17-18(22-13-25(4)5)26(14-21-17)15-10-8-9-11-15/h13-16H,8-12H2,1-7H3/b22-13+/t16-/m1/s1. The van der Waals surface area contributed by atoms with E-state index in [4.69, 9.17) is 19.9 Å². The van der Waals surface area contributed by atoms with Gasteiger partial charge < -0.3 is 13.9 Å². The maximum Gasteiger partial charge on any atom is 0.192 e. The van der Waals surface area contributed by atoms with Gasteiger partial charge in [-0.1, -0.05) is 38.7 Å². The van der Waals surface area contributed by atoms with Crippen molar-refractivity contribution in [1.82, 2.24) is 14.5 Å². The van der Waals surface area contributed by atoms with Crippen LogP contribution in [0.1, 0.15) is 64.3 Å². The zero-order valence-electron chi connectivity index (χ0n) is 18.4. The summed E-state index contributed by atoms with van der Waals surface area (Å²) in [5.41, 5.74) is 9.66. The fraction of sp³-hybridized carbons (Fsp3) is 0.789. The van der Waals surface area contributed by atoms with Crippen LogP contribution in [0.3, 0.4) is 0 Å². The van der Waals surface area contributed by atoms with Crippen molar-refractivity contribution in [3.63, 3.8) is 0 Å². The normalized spacial score (nSPS) is 17.1. The first-order chi connectivity index (χ1) is 13.1. The van der Waals surface area contributed by atoms with Crippen LogP contribution in [-0.2, 0) is 4.43 Å². The molecule has 0 amide bonds. The van der Waals surface area contributed by atoms with Crippen LogP contribution in [0, 0.1) is 0 Å². The Morgan fingerprint density at radius 1 is 1.39 bits per heavy atom. The maximum absolute atomic E-state index is 8.90. The molecule has 0 radical (unpaired) electrons. The lowest BCUT2D eigenvalue weighted by Crippen LogP contribution is -2.42. The van der Waals surface area contributed by atoms with Crippen molar-refractivity contribution in [2.45, 2.75) is 76.7 Å². The molecule has 9 heteroatoms. The largest absolute Gasteiger partial charge is 0.408 e. The summed E-state index contributed by atoms with van der Waals surface area (Å²) in [6, 6.07) is 0.420. The Kier molecular flexibility index (Phi) is 7.31. The third-order valence-corrected chi connectivity index (χ3v) is 10.3. The second-order valence-corrected chi connectivity index (χ2v) is 14.0. The molecule has 0 N–H and O–H groups in total. The predicted molar refractivity (Wildman–Crippen MR) is 117 cm³/mol. The number of hydrogen-bond donors (Lipinski definition) is 0. The summed E-state index contributed by atoms with van der Waals surface area (Å²) < 4.78 is 8.81. The van der Waals surface area contributed by atoms with Crippen LogP contribution in [0.5, 0.6) is 0 Å². The number of aliphatic imine (C=N–C) groups is 1. The Morgan fingerprint density at radius 2 is 2.04 bits per heavy atom. The van der Waals surface area contributed by atoms with E-state index in [0.29, 0.717) is 6.04 Å². The smallest absolute Gasteiger partial charge is 0.192 e. The van der Waals surface area contributed by atoms with E-state index in [9.17, 15) is 0 Å². The highest BCUT2D eigenvalue weighted by molar-refractivity contribution is 6.74. The second-order valence-electron chi connectivity index (χ2n) is 9.29. The maximum atomic E-state index is 8.90. The second kappa shape index (κ2) is 9.11. The van der Waals surface area contributed by atoms with E-state index in [1.807, 2.05) is 25.3 Å². The van der Waals surface area contributed by atoms with Crippen LogP contribution in [-0.4, -0.2) is 49.7 Å². The summed E-state index contributed by atoms with van der Waals surface area (Å²) in [7, 11) is 1.81. The molecule has 1 aliphatic carbocycles. The number of aromatic nitrogens is 2. The van der Waals surface area contributed by atoms with Crippen molar-refractivity contribution in [2.24, 2.45) is 10.1 Å². The summed E-state index contributed by atoms with van der Waals surface area (Å²) in [6.07, 6.45) is 8.03. The predicted octanol–water partition coefficient (Wildman–Crippen LogP) is 5.59. The molecule has 28 heavy (non-hydrogen) atoms. The topological polar surface area (TPSA) is 91.4 Å².